The molecule has 0 aliphatic heterocycles. The maximum Gasteiger partial charge on any atom is 0.337 e. The van der Waals surface area contributed by atoms with E-state index in [0.717, 1.165) is 6.42 Å². The van der Waals surface area contributed by atoms with Gasteiger partial charge in [0.2, 0.25) is 5.91 Å². The minimum absolute atomic E-state index is 0.00158. The fourth-order valence-corrected chi connectivity index (χ4v) is 2.85. The first-order valence-electron chi connectivity index (χ1n) is 5.65. The van der Waals surface area contributed by atoms with Crippen molar-refractivity contribution in [3.05, 3.63) is 26.6 Å². The zero-order valence-electron chi connectivity index (χ0n) is 10.2. The number of anilines is 1. The van der Waals surface area contributed by atoms with Crippen molar-refractivity contribution in [1.82, 2.24) is 0 Å². The third-order valence-corrected chi connectivity index (χ3v) is 3.55. The molecule has 0 heterocycles. The van der Waals surface area contributed by atoms with E-state index in [4.69, 9.17) is 10.8 Å². The van der Waals surface area contributed by atoms with Gasteiger partial charge in [-0.1, -0.05) is 29.3 Å². The van der Waals surface area contributed by atoms with Gasteiger partial charge in [0.25, 0.3) is 0 Å². The van der Waals surface area contributed by atoms with Crippen LogP contribution >= 0.6 is 31.9 Å². The van der Waals surface area contributed by atoms with Crippen LogP contribution in [-0.2, 0) is 4.79 Å². The molecule has 1 aromatic rings. The molecule has 0 spiro atoms. The van der Waals surface area contributed by atoms with E-state index in [1.165, 1.54) is 6.07 Å². The molecular weight excluding hydrogens is 380 g/mol. The Hall–Kier alpha value is -0.920. The molecular formula is C12H14Br2N2O3. The first-order valence-corrected chi connectivity index (χ1v) is 7.24. The molecule has 0 aliphatic carbocycles. The molecule has 1 aromatic carbocycles. The van der Waals surface area contributed by atoms with Crippen molar-refractivity contribution < 1.29 is 14.7 Å². The van der Waals surface area contributed by atoms with Gasteiger partial charge in [0.1, 0.15) is 0 Å². The predicted molar refractivity (Wildman–Crippen MR) is 80.3 cm³/mol. The Morgan fingerprint density at radius 3 is 2.58 bits per heavy atom. The second-order valence-electron chi connectivity index (χ2n) is 4.00. The largest absolute Gasteiger partial charge is 0.478 e. The van der Waals surface area contributed by atoms with Crippen molar-refractivity contribution in [3.8, 4) is 0 Å². The van der Waals surface area contributed by atoms with E-state index in [2.05, 4.69) is 37.2 Å². The van der Waals surface area contributed by atoms with Gasteiger partial charge < -0.3 is 16.2 Å². The number of carboxylic acids is 1. The van der Waals surface area contributed by atoms with Gasteiger partial charge in [-0.25, -0.2) is 4.79 Å². The summed E-state index contributed by atoms with van der Waals surface area (Å²) >= 11 is 6.44. The molecule has 0 unspecified atom stereocenters. The highest BCUT2D eigenvalue weighted by atomic mass is 79.9. The lowest BCUT2D eigenvalue weighted by atomic mass is 10.1. The van der Waals surface area contributed by atoms with Crippen LogP contribution in [0.2, 0.25) is 0 Å². The molecule has 0 fully saturated rings. The molecule has 0 aliphatic rings. The van der Waals surface area contributed by atoms with Crippen molar-refractivity contribution in [2.45, 2.75) is 25.8 Å². The van der Waals surface area contributed by atoms with Crippen molar-refractivity contribution in [1.29, 1.82) is 0 Å². The van der Waals surface area contributed by atoms with Crippen LogP contribution in [-0.4, -0.2) is 23.0 Å². The average Bonchev–Trinajstić information content (AvgIpc) is 2.32. The van der Waals surface area contributed by atoms with Crippen molar-refractivity contribution in [3.63, 3.8) is 0 Å². The van der Waals surface area contributed by atoms with Crippen LogP contribution in [0.5, 0.6) is 0 Å². The molecule has 0 radical (unpaired) electrons. The summed E-state index contributed by atoms with van der Waals surface area (Å²) in [7, 11) is 0. The van der Waals surface area contributed by atoms with Crippen molar-refractivity contribution in [2.75, 3.05) is 5.32 Å². The van der Waals surface area contributed by atoms with Gasteiger partial charge in [-0.3, -0.25) is 4.79 Å². The minimum atomic E-state index is -1.12. The van der Waals surface area contributed by atoms with E-state index >= 15 is 0 Å². The highest BCUT2D eigenvalue weighted by molar-refractivity contribution is 9.11. The van der Waals surface area contributed by atoms with Gasteiger partial charge in [-0.2, -0.15) is 0 Å². The Morgan fingerprint density at radius 1 is 1.42 bits per heavy atom. The van der Waals surface area contributed by atoms with E-state index in [1.807, 2.05) is 6.92 Å². The van der Waals surface area contributed by atoms with Crippen LogP contribution in [0.4, 0.5) is 5.69 Å². The number of carbonyl (C=O) groups excluding carboxylic acids is 1. The highest BCUT2D eigenvalue weighted by Gasteiger charge is 2.19. The van der Waals surface area contributed by atoms with Gasteiger partial charge in [-0.05, 0) is 34.5 Å². The van der Waals surface area contributed by atoms with E-state index < -0.39 is 17.9 Å². The minimum Gasteiger partial charge on any atom is -0.478 e. The van der Waals surface area contributed by atoms with Gasteiger partial charge in [0, 0.05) is 8.95 Å². The van der Waals surface area contributed by atoms with E-state index in [0.29, 0.717) is 15.4 Å². The third kappa shape index (κ3) is 4.29. The van der Waals surface area contributed by atoms with Gasteiger partial charge in [0.15, 0.2) is 0 Å². The number of hydrogen-bond acceptors (Lipinski definition) is 3. The van der Waals surface area contributed by atoms with Gasteiger partial charge in [0.05, 0.1) is 17.3 Å². The number of nitrogens with two attached hydrogens (primary N) is 1. The lowest BCUT2D eigenvalue weighted by molar-refractivity contribution is -0.117. The first kappa shape index (κ1) is 16.1. The number of hydrogen-bond donors (Lipinski definition) is 3. The van der Waals surface area contributed by atoms with Crippen LogP contribution < -0.4 is 11.1 Å². The molecule has 1 rings (SSSR count). The number of nitrogens with one attached hydrogen (secondary N) is 1. The van der Waals surface area contributed by atoms with E-state index in [9.17, 15) is 9.59 Å². The summed E-state index contributed by atoms with van der Waals surface area (Å²) in [5.74, 6) is -1.52. The summed E-state index contributed by atoms with van der Waals surface area (Å²) in [6, 6.07) is 2.43. The monoisotopic (exact) mass is 392 g/mol. The topological polar surface area (TPSA) is 92.4 Å². The molecule has 5 nitrogen and oxygen atoms in total. The van der Waals surface area contributed by atoms with Gasteiger partial charge in [-0.15, -0.1) is 0 Å². The number of amides is 1. The molecule has 0 bridgehead atoms. The smallest absolute Gasteiger partial charge is 0.337 e. The number of halogens is 2. The maximum atomic E-state index is 11.9. The molecule has 1 amide bonds. The first-order chi connectivity index (χ1) is 8.86. The zero-order valence-corrected chi connectivity index (χ0v) is 13.4. The summed E-state index contributed by atoms with van der Waals surface area (Å²) in [6.45, 7) is 1.92. The van der Waals surface area contributed by atoms with Gasteiger partial charge >= 0.3 is 5.97 Å². The molecule has 0 aromatic heterocycles. The molecule has 1 atom stereocenters. The second kappa shape index (κ2) is 7.02. The lowest BCUT2D eigenvalue weighted by Gasteiger charge is -2.14. The van der Waals surface area contributed by atoms with Crippen LogP contribution in [0.1, 0.15) is 30.1 Å². The molecule has 7 heteroatoms. The maximum absolute atomic E-state index is 11.9. The zero-order chi connectivity index (χ0) is 14.6. The second-order valence-corrected chi connectivity index (χ2v) is 5.77. The predicted octanol–water partition coefficient (Wildman–Crippen LogP) is 2.98. The number of rotatable bonds is 5. The van der Waals surface area contributed by atoms with Crippen LogP contribution in [0.3, 0.4) is 0 Å². The molecule has 4 N–H and O–H groups in total. The Morgan fingerprint density at radius 2 is 2.05 bits per heavy atom. The van der Waals surface area contributed by atoms with E-state index in [1.54, 1.807) is 6.07 Å². The molecule has 104 valence electrons. The molecule has 19 heavy (non-hydrogen) atoms. The average molecular weight is 394 g/mol. The number of carboxylic acid groups (broad SMARTS) is 1. The van der Waals surface area contributed by atoms with Crippen molar-refractivity contribution in [2.24, 2.45) is 5.73 Å². The van der Waals surface area contributed by atoms with Crippen LogP contribution in [0.25, 0.3) is 0 Å². The summed E-state index contributed by atoms with van der Waals surface area (Å²) in [4.78, 5) is 23.0. The standard InChI is InChI=1S/C12H14Br2N2O3/c1-2-3-9(15)11(17)16-10-7(12(18)19)4-6(13)5-8(10)14/h4-5,9H,2-3,15H2,1H3,(H,16,17)(H,18,19)/t9-/m0/s1. The fraction of sp³-hybridized carbons (Fsp3) is 0.333. The lowest BCUT2D eigenvalue weighted by Crippen LogP contribution is -2.35. The molecule has 0 saturated heterocycles. The number of benzene rings is 1. The summed E-state index contributed by atoms with van der Waals surface area (Å²) in [5.41, 5.74) is 5.91. The summed E-state index contributed by atoms with van der Waals surface area (Å²) in [6.07, 6.45) is 1.32. The Labute approximate surface area is 127 Å². The SMILES string of the molecule is CCC[C@H](N)C(=O)Nc1c(Br)cc(Br)cc1C(=O)O. The van der Waals surface area contributed by atoms with E-state index in [-0.39, 0.29) is 11.3 Å². The number of aromatic carboxylic acids is 1. The highest BCUT2D eigenvalue weighted by Crippen LogP contribution is 2.31. The Kier molecular flexibility index (Phi) is 5.96. The summed E-state index contributed by atoms with van der Waals surface area (Å²) < 4.78 is 1.09. The Balaban J connectivity index is 3.06. The number of carbonyl (C=O) groups is 2. The Bertz CT molecular complexity index is 506. The summed E-state index contributed by atoms with van der Waals surface area (Å²) in [5, 5.41) is 11.7. The normalized spacial score (nSPS) is 12.0. The van der Waals surface area contributed by atoms with Crippen molar-refractivity contribution >= 4 is 49.4 Å². The van der Waals surface area contributed by atoms with Crippen LogP contribution in [0, 0.1) is 0 Å². The van der Waals surface area contributed by atoms with Crippen LogP contribution in [0.15, 0.2) is 21.1 Å². The quantitative estimate of drug-likeness (QED) is 0.716. The fourth-order valence-electron chi connectivity index (χ4n) is 1.53. The molecule has 0 saturated carbocycles. The third-order valence-electron chi connectivity index (χ3n) is 2.47.